The van der Waals surface area contributed by atoms with Crippen molar-refractivity contribution in [1.82, 2.24) is 20.2 Å². The lowest BCUT2D eigenvalue weighted by atomic mass is 10.1. The number of nitrogens with one attached hydrogen (secondary N) is 2. The van der Waals surface area contributed by atoms with E-state index in [2.05, 4.69) is 70.4 Å². The molecule has 1 aliphatic rings. The van der Waals surface area contributed by atoms with Crippen LogP contribution in [0.4, 0.5) is 17.2 Å². The van der Waals surface area contributed by atoms with Crippen molar-refractivity contribution in [2.24, 2.45) is 4.99 Å². The van der Waals surface area contributed by atoms with Gasteiger partial charge in [-0.3, -0.25) is 10.1 Å². The second kappa shape index (κ2) is 8.08. The number of allylic oxidation sites excluding steroid dienone is 1. The lowest BCUT2D eigenvalue weighted by Crippen LogP contribution is -2.11. The van der Waals surface area contributed by atoms with Gasteiger partial charge in [-0.25, -0.2) is 9.97 Å². The smallest absolute Gasteiger partial charge is 0.186 e. The van der Waals surface area contributed by atoms with Crippen LogP contribution in [0.1, 0.15) is 13.1 Å². The first-order valence-electron chi connectivity index (χ1n) is 9.22. The van der Waals surface area contributed by atoms with Crippen LogP contribution in [0, 0.1) is 0 Å². The van der Waals surface area contributed by atoms with Gasteiger partial charge in [-0.05, 0) is 46.2 Å². The van der Waals surface area contributed by atoms with Gasteiger partial charge < -0.3 is 10.2 Å². The molecule has 4 heterocycles. The summed E-state index contributed by atoms with van der Waals surface area (Å²) in [6, 6.07) is 8.53. The van der Waals surface area contributed by atoms with Gasteiger partial charge in [-0.1, -0.05) is 19.6 Å². The fraction of sp³-hybridized carbons (Fsp3) is 0.182. The lowest BCUT2D eigenvalue weighted by Gasteiger charge is -2.19. The zero-order chi connectivity index (χ0) is 19.8. The van der Waals surface area contributed by atoms with E-state index in [0.717, 1.165) is 33.7 Å². The number of benzene rings is 1. The van der Waals surface area contributed by atoms with Gasteiger partial charge in [-0.2, -0.15) is 16.4 Å². The molecule has 0 amide bonds. The van der Waals surface area contributed by atoms with Crippen molar-refractivity contribution in [3.63, 3.8) is 0 Å². The number of aliphatic imine (C=N–C) groups is 1. The molecule has 0 unspecified atom stereocenters. The van der Waals surface area contributed by atoms with Gasteiger partial charge in [0.25, 0.3) is 0 Å². The number of aromatic amines is 1. The van der Waals surface area contributed by atoms with E-state index in [1.165, 1.54) is 11.9 Å². The molecule has 0 radical (unpaired) electrons. The number of fused-ring (bicyclic) bond motifs is 1. The normalized spacial score (nSPS) is 12.7. The number of aromatic nitrogens is 4. The summed E-state index contributed by atoms with van der Waals surface area (Å²) in [6.07, 6.45) is 5.54. The van der Waals surface area contributed by atoms with E-state index in [-0.39, 0.29) is 7.43 Å². The van der Waals surface area contributed by atoms with Crippen LogP contribution in [0.25, 0.3) is 22.2 Å². The summed E-state index contributed by atoms with van der Waals surface area (Å²) in [5.41, 5.74) is 6.70. The number of H-pyrrole nitrogens is 1. The van der Waals surface area contributed by atoms with Gasteiger partial charge in [0.15, 0.2) is 5.65 Å². The predicted molar refractivity (Wildman–Crippen MR) is 126 cm³/mol. The molecule has 30 heavy (non-hydrogen) atoms. The second-order valence-electron chi connectivity index (χ2n) is 6.91. The van der Waals surface area contributed by atoms with Crippen LogP contribution in [0.3, 0.4) is 0 Å². The summed E-state index contributed by atoms with van der Waals surface area (Å²) in [7, 11) is 4.06. The number of anilines is 3. The molecule has 0 atom stereocenters. The number of thiophene rings is 1. The van der Waals surface area contributed by atoms with Crippen LogP contribution in [0.2, 0.25) is 0 Å². The summed E-state index contributed by atoms with van der Waals surface area (Å²) in [5.74, 6) is 0.701. The van der Waals surface area contributed by atoms with E-state index >= 15 is 0 Å². The minimum atomic E-state index is 0. The third-order valence-electron chi connectivity index (χ3n) is 4.84. The lowest BCUT2D eigenvalue weighted by molar-refractivity contribution is 1.08. The molecule has 3 aromatic heterocycles. The standard InChI is InChI=1S/C21H19N7S.CH4/c1-28(2)17-6-5-13(14-7-9-29-11-14)10-16(17)25-20-18-19(15-4-3-8-22-15)26-27-21(18)24-12-23-20;/h3-7,9-12H,8H2,1-2H3,(H2,23,24,25,26,27);1H4. The monoisotopic (exact) mass is 417 g/mol. The van der Waals surface area contributed by atoms with E-state index < -0.39 is 0 Å². The van der Waals surface area contributed by atoms with Crippen molar-refractivity contribution in [2.45, 2.75) is 7.43 Å². The van der Waals surface area contributed by atoms with Crippen LogP contribution in [0.15, 0.2) is 58.5 Å². The zero-order valence-electron chi connectivity index (χ0n) is 16.0. The van der Waals surface area contributed by atoms with Gasteiger partial charge >= 0.3 is 0 Å². The summed E-state index contributed by atoms with van der Waals surface area (Å²) in [5, 5.41) is 16.0. The maximum absolute atomic E-state index is 4.52. The third-order valence-corrected chi connectivity index (χ3v) is 5.52. The molecule has 0 saturated heterocycles. The van der Waals surface area contributed by atoms with E-state index in [9.17, 15) is 0 Å². The molecule has 0 aliphatic carbocycles. The Hall–Kier alpha value is -3.52. The Morgan fingerprint density at radius 3 is 2.77 bits per heavy atom. The third kappa shape index (κ3) is 3.46. The Labute approximate surface area is 179 Å². The Morgan fingerprint density at radius 2 is 2.03 bits per heavy atom. The predicted octanol–water partition coefficient (Wildman–Crippen LogP) is 4.89. The number of rotatable bonds is 5. The molecule has 0 saturated carbocycles. The van der Waals surface area contributed by atoms with Gasteiger partial charge in [0.2, 0.25) is 0 Å². The average molecular weight is 418 g/mol. The molecule has 0 spiro atoms. The minimum absolute atomic E-state index is 0. The highest BCUT2D eigenvalue weighted by Gasteiger charge is 2.18. The van der Waals surface area contributed by atoms with Gasteiger partial charge in [0, 0.05) is 14.1 Å². The van der Waals surface area contributed by atoms with E-state index in [1.54, 1.807) is 11.3 Å². The number of hydrogen-bond donors (Lipinski definition) is 2. The summed E-state index contributed by atoms with van der Waals surface area (Å²) in [4.78, 5) is 15.4. The topological polar surface area (TPSA) is 82.1 Å². The van der Waals surface area contributed by atoms with E-state index in [0.29, 0.717) is 18.0 Å². The van der Waals surface area contributed by atoms with E-state index in [1.807, 2.05) is 26.2 Å². The molecule has 5 rings (SSSR count). The molecule has 0 fully saturated rings. The molecule has 4 aromatic rings. The average Bonchev–Trinajstić information content (AvgIpc) is 3.48. The van der Waals surface area contributed by atoms with Gasteiger partial charge in [0.1, 0.15) is 12.1 Å². The number of nitrogens with zero attached hydrogens (tertiary/aromatic N) is 5. The molecule has 1 aliphatic heterocycles. The highest BCUT2D eigenvalue weighted by molar-refractivity contribution is 7.08. The molecule has 152 valence electrons. The fourth-order valence-corrected chi connectivity index (χ4v) is 4.09. The van der Waals surface area contributed by atoms with Crippen molar-refractivity contribution < 1.29 is 0 Å². The first-order chi connectivity index (χ1) is 14.2. The SMILES string of the molecule is C.CN(C)c1ccc(-c2ccsc2)cc1Nc1ncnc2n[nH]c(C3=NCC=C3)c12. The molecular formula is C22H23N7S. The van der Waals surface area contributed by atoms with Crippen LogP contribution >= 0.6 is 11.3 Å². The van der Waals surface area contributed by atoms with Crippen molar-refractivity contribution in [3.8, 4) is 11.1 Å². The molecule has 7 nitrogen and oxygen atoms in total. The zero-order valence-corrected chi connectivity index (χ0v) is 16.9. The molecular weight excluding hydrogens is 394 g/mol. The van der Waals surface area contributed by atoms with Crippen molar-refractivity contribution in [2.75, 3.05) is 30.9 Å². The Kier molecular flexibility index (Phi) is 5.33. The molecule has 2 N–H and O–H groups in total. The van der Waals surface area contributed by atoms with Crippen molar-refractivity contribution >= 4 is 45.3 Å². The first kappa shape index (κ1) is 19.8. The molecule has 0 bridgehead atoms. The van der Waals surface area contributed by atoms with Crippen LogP contribution < -0.4 is 10.2 Å². The Morgan fingerprint density at radius 1 is 1.13 bits per heavy atom. The molecule has 1 aromatic carbocycles. The quantitative estimate of drug-likeness (QED) is 0.483. The number of hydrogen-bond acceptors (Lipinski definition) is 7. The van der Waals surface area contributed by atoms with Crippen LogP contribution in [0.5, 0.6) is 0 Å². The fourth-order valence-electron chi connectivity index (χ4n) is 3.43. The maximum Gasteiger partial charge on any atom is 0.186 e. The van der Waals surface area contributed by atoms with Gasteiger partial charge in [-0.15, -0.1) is 0 Å². The van der Waals surface area contributed by atoms with Crippen molar-refractivity contribution in [3.05, 3.63) is 59.2 Å². The van der Waals surface area contributed by atoms with Crippen molar-refractivity contribution in [1.29, 1.82) is 0 Å². The highest BCUT2D eigenvalue weighted by Crippen LogP contribution is 2.35. The van der Waals surface area contributed by atoms with Gasteiger partial charge in [0.05, 0.1) is 34.7 Å². The largest absolute Gasteiger partial charge is 0.376 e. The first-order valence-corrected chi connectivity index (χ1v) is 10.2. The van der Waals surface area contributed by atoms with Crippen LogP contribution in [-0.2, 0) is 0 Å². The van der Waals surface area contributed by atoms with E-state index in [4.69, 9.17) is 0 Å². The summed E-state index contributed by atoms with van der Waals surface area (Å²) in [6.45, 7) is 0.680. The summed E-state index contributed by atoms with van der Waals surface area (Å²) < 4.78 is 0. The minimum Gasteiger partial charge on any atom is -0.376 e. The molecule has 8 heteroatoms. The second-order valence-corrected chi connectivity index (χ2v) is 7.69. The maximum atomic E-state index is 4.52. The summed E-state index contributed by atoms with van der Waals surface area (Å²) >= 11 is 1.69. The highest BCUT2D eigenvalue weighted by atomic mass is 32.1. The van der Waals surface area contributed by atoms with Crippen LogP contribution in [-0.4, -0.2) is 46.5 Å². The Balaban J connectivity index is 0.00000218. The Bertz CT molecular complexity index is 1240.